The number of halogens is 2. The van der Waals surface area contributed by atoms with Gasteiger partial charge in [0.15, 0.2) is 0 Å². The largest absolute Gasteiger partial charge is 1.00 e. The first kappa shape index (κ1) is 12.8. The molecule has 2 aliphatic rings. The molecule has 2 rings (SSSR count). The molecule has 0 aromatic carbocycles. The number of hydrogen-bond acceptors (Lipinski definition) is 8. The summed E-state index contributed by atoms with van der Waals surface area (Å²) in [6.07, 6.45) is 0. The summed E-state index contributed by atoms with van der Waals surface area (Å²) in [5.41, 5.74) is 0. The fourth-order valence-electron chi connectivity index (χ4n) is 0.918. The Hall–Kier alpha value is -1.23. The van der Waals surface area contributed by atoms with Crippen LogP contribution in [0.5, 0.6) is 0 Å². The van der Waals surface area contributed by atoms with Gasteiger partial charge >= 0.3 is 95.9 Å². The third kappa shape index (κ3) is 1.46. The van der Waals surface area contributed by atoms with Gasteiger partial charge in [0.1, 0.15) is 0 Å². The molecular weight excluding hydrogens is 252 g/mol. The molecule has 16 heavy (non-hydrogen) atoms. The number of rotatable bonds is 0. The van der Waals surface area contributed by atoms with Crippen molar-refractivity contribution in [1.29, 1.82) is 0 Å². The van der Waals surface area contributed by atoms with Gasteiger partial charge in [0.05, 0.1) is 0 Å². The summed E-state index contributed by atoms with van der Waals surface area (Å²) in [6, 6.07) is 0. The Kier molecular flexibility index (Phi) is 2.03. The second kappa shape index (κ2) is 2.53. The smallest absolute Gasteiger partial charge is 1.00 e. The molecular formula is C4F2LiO8P. The van der Waals surface area contributed by atoms with E-state index in [0.29, 0.717) is 0 Å². The summed E-state index contributed by atoms with van der Waals surface area (Å²) in [5.74, 6) is -8.45. The first-order valence-corrected chi connectivity index (χ1v) is 5.34. The quantitative estimate of drug-likeness (QED) is 0.251. The zero-order valence-corrected chi connectivity index (χ0v) is 8.36. The first-order valence-electron chi connectivity index (χ1n) is 3.20. The molecule has 84 valence electrons. The van der Waals surface area contributed by atoms with Crippen molar-refractivity contribution in [3.05, 3.63) is 0 Å². The van der Waals surface area contributed by atoms with Gasteiger partial charge < -0.3 is 0 Å². The van der Waals surface area contributed by atoms with Crippen molar-refractivity contribution in [2.45, 2.75) is 0 Å². The van der Waals surface area contributed by atoms with Crippen LogP contribution in [0.25, 0.3) is 0 Å². The minimum absolute atomic E-state index is 0. The number of carbonyl (C=O) groups is 4. The van der Waals surface area contributed by atoms with Gasteiger partial charge in [-0.3, -0.25) is 0 Å². The van der Waals surface area contributed by atoms with Gasteiger partial charge in [0.25, 0.3) is 0 Å². The average molecular weight is 252 g/mol. The van der Waals surface area contributed by atoms with Crippen LogP contribution in [0.1, 0.15) is 0 Å². The van der Waals surface area contributed by atoms with E-state index in [1.165, 1.54) is 0 Å². The molecule has 0 aromatic rings. The molecule has 8 nitrogen and oxygen atoms in total. The Morgan fingerprint density at radius 3 is 1.06 bits per heavy atom. The second-order valence-corrected chi connectivity index (χ2v) is 5.43. The van der Waals surface area contributed by atoms with E-state index in [-0.39, 0.29) is 18.9 Å². The fraction of sp³-hybridized carbons (Fsp3) is 0. The minimum atomic E-state index is -8.28. The summed E-state index contributed by atoms with van der Waals surface area (Å²) < 4.78 is 40.2. The van der Waals surface area contributed by atoms with Gasteiger partial charge in [0, 0.05) is 0 Å². The van der Waals surface area contributed by atoms with Crippen molar-refractivity contribution in [3.8, 4) is 0 Å². The van der Waals surface area contributed by atoms with Gasteiger partial charge in [-0.25, -0.2) is 0 Å². The molecule has 0 saturated carbocycles. The molecule has 0 atom stereocenters. The zero-order chi connectivity index (χ0) is 11.5. The number of carbonyl (C=O) groups excluding carboxylic acids is 4. The van der Waals surface area contributed by atoms with Crippen LogP contribution < -0.4 is 18.9 Å². The monoisotopic (exact) mass is 252 g/mol. The van der Waals surface area contributed by atoms with E-state index in [9.17, 15) is 27.6 Å². The molecule has 0 aromatic heterocycles. The summed E-state index contributed by atoms with van der Waals surface area (Å²) in [4.78, 5) is 41.7. The van der Waals surface area contributed by atoms with Crippen LogP contribution in [0, 0.1) is 0 Å². The van der Waals surface area contributed by atoms with E-state index in [4.69, 9.17) is 0 Å². The molecule has 1 spiro atoms. The summed E-state index contributed by atoms with van der Waals surface area (Å²) in [6.45, 7) is 0. The summed E-state index contributed by atoms with van der Waals surface area (Å²) >= 11 is 0. The van der Waals surface area contributed by atoms with E-state index in [1.807, 2.05) is 0 Å². The maximum atomic E-state index is 13.6. The average Bonchev–Trinajstić information content (AvgIpc) is 2.29. The van der Waals surface area contributed by atoms with E-state index in [2.05, 4.69) is 18.1 Å². The maximum Gasteiger partial charge on any atom is 1.00 e. The van der Waals surface area contributed by atoms with Crippen molar-refractivity contribution in [2.24, 2.45) is 0 Å². The first-order chi connectivity index (χ1) is 6.58. The Morgan fingerprint density at radius 2 is 0.875 bits per heavy atom. The summed E-state index contributed by atoms with van der Waals surface area (Å²) in [7, 11) is -8.28. The standard InChI is InChI=1S/C4F2O8P.Li/c5-15(6,11-1(7)2(8)12-15)13-3(9)4(10)14-15;/q-1;+1. The van der Waals surface area contributed by atoms with Crippen molar-refractivity contribution in [1.82, 2.24) is 0 Å². The SMILES string of the molecule is O=C1O[P-]2(F)(F)(OC1=O)OC(=O)C(=O)O2.[Li+]. The predicted molar refractivity (Wildman–Crippen MR) is 33.5 cm³/mol. The molecule has 0 unspecified atom stereocenters. The number of hydrogen-bond donors (Lipinski definition) is 0. The van der Waals surface area contributed by atoms with Gasteiger partial charge in [-0.1, -0.05) is 0 Å². The van der Waals surface area contributed by atoms with Crippen molar-refractivity contribution >= 4 is 31.4 Å². The molecule has 2 fully saturated rings. The Bertz CT molecular complexity index is 385. The van der Waals surface area contributed by atoms with Crippen LogP contribution >= 0.6 is 7.47 Å². The third-order valence-corrected chi connectivity index (χ3v) is 3.50. The van der Waals surface area contributed by atoms with Gasteiger partial charge in [-0.2, -0.15) is 0 Å². The zero-order valence-electron chi connectivity index (χ0n) is 7.47. The minimum Gasteiger partial charge on any atom is 1.00 e. The van der Waals surface area contributed by atoms with Crippen LogP contribution in [0.3, 0.4) is 0 Å². The third-order valence-electron chi connectivity index (χ3n) is 1.39. The normalized spacial score (nSPS) is 31.9. The van der Waals surface area contributed by atoms with Crippen LogP contribution in [0.2, 0.25) is 0 Å². The fourth-order valence-corrected chi connectivity index (χ4v) is 2.75. The van der Waals surface area contributed by atoms with Gasteiger partial charge in [0.2, 0.25) is 0 Å². The molecule has 2 heterocycles. The van der Waals surface area contributed by atoms with Crippen molar-refractivity contribution < 1.29 is 64.5 Å². The van der Waals surface area contributed by atoms with E-state index < -0.39 is 31.4 Å². The van der Waals surface area contributed by atoms with Crippen molar-refractivity contribution in [3.63, 3.8) is 0 Å². The Morgan fingerprint density at radius 1 is 0.688 bits per heavy atom. The van der Waals surface area contributed by atoms with Gasteiger partial charge in [-0.15, -0.1) is 0 Å². The Labute approximate surface area is 96.4 Å². The molecule has 0 aliphatic carbocycles. The molecule has 2 aliphatic heterocycles. The van der Waals surface area contributed by atoms with E-state index in [0.717, 1.165) is 0 Å². The molecule has 0 N–H and O–H groups in total. The molecule has 0 bridgehead atoms. The van der Waals surface area contributed by atoms with Gasteiger partial charge in [-0.05, 0) is 0 Å². The van der Waals surface area contributed by atoms with Crippen LogP contribution in [-0.4, -0.2) is 23.9 Å². The predicted octanol–water partition coefficient (Wildman–Crippen LogP) is -3.29. The topological polar surface area (TPSA) is 105 Å². The van der Waals surface area contributed by atoms with E-state index >= 15 is 0 Å². The van der Waals surface area contributed by atoms with Crippen molar-refractivity contribution in [2.75, 3.05) is 0 Å². The molecule has 2 saturated heterocycles. The maximum absolute atomic E-state index is 13.6. The van der Waals surface area contributed by atoms with E-state index in [1.54, 1.807) is 0 Å². The van der Waals surface area contributed by atoms with Crippen LogP contribution in [-0.2, 0) is 37.3 Å². The van der Waals surface area contributed by atoms with Crippen LogP contribution in [0.15, 0.2) is 0 Å². The molecule has 0 radical (unpaired) electrons. The van der Waals surface area contributed by atoms with Crippen LogP contribution in [0.4, 0.5) is 8.39 Å². The molecule has 12 heteroatoms. The summed E-state index contributed by atoms with van der Waals surface area (Å²) in [5, 5.41) is 0. The Balaban J connectivity index is 0.00000128. The second-order valence-electron chi connectivity index (χ2n) is 2.58. The molecule has 0 amide bonds.